The Balaban J connectivity index is 1.72. The number of carbonyl (C=O) groups is 2. The summed E-state index contributed by atoms with van der Waals surface area (Å²) < 4.78 is 46.1. The number of hydrogen-bond donors (Lipinski definition) is 1. The van der Waals surface area contributed by atoms with Gasteiger partial charge in [-0.05, 0) is 50.2 Å². The zero-order chi connectivity index (χ0) is 24.0. The molecule has 1 N–H and O–H groups in total. The van der Waals surface area contributed by atoms with Crippen LogP contribution < -0.4 is 23.8 Å². The summed E-state index contributed by atoms with van der Waals surface area (Å²) in [5, 5.41) is 0. The number of nitrogens with zero attached hydrogens (tertiary/aromatic N) is 1. The second kappa shape index (κ2) is 8.35. The first-order valence-electron chi connectivity index (χ1n) is 10.5. The van der Waals surface area contributed by atoms with Gasteiger partial charge in [-0.15, -0.1) is 0 Å². The molecule has 9 nitrogen and oxygen atoms in total. The van der Waals surface area contributed by atoms with E-state index in [9.17, 15) is 18.0 Å². The number of imide groups is 1. The average Bonchev–Trinajstić information content (AvgIpc) is 3.09. The van der Waals surface area contributed by atoms with E-state index in [-0.39, 0.29) is 29.2 Å². The summed E-state index contributed by atoms with van der Waals surface area (Å²) in [6.45, 7) is 3.77. The van der Waals surface area contributed by atoms with E-state index in [1.807, 2.05) is 13.8 Å². The van der Waals surface area contributed by atoms with Crippen LogP contribution in [-0.4, -0.2) is 40.1 Å². The molecular weight excluding hydrogens is 448 g/mol. The molecule has 0 radical (unpaired) electrons. The molecule has 2 aromatic carbocycles. The number of ether oxygens (including phenoxy) is 3. The summed E-state index contributed by atoms with van der Waals surface area (Å²) >= 11 is 0. The van der Waals surface area contributed by atoms with Crippen molar-refractivity contribution in [2.24, 2.45) is 0 Å². The lowest BCUT2D eigenvalue weighted by atomic mass is 9.90. The minimum atomic E-state index is -4.04. The Kier molecular flexibility index (Phi) is 5.83. The Hall–Kier alpha value is -3.11. The molecule has 2 aliphatic rings. The van der Waals surface area contributed by atoms with Crippen molar-refractivity contribution in [1.29, 1.82) is 0 Å². The Morgan fingerprint density at radius 2 is 1.73 bits per heavy atom. The van der Waals surface area contributed by atoms with Crippen LogP contribution in [0.5, 0.6) is 17.2 Å². The summed E-state index contributed by atoms with van der Waals surface area (Å²) in [5.41, 5.74) is 0.173. The number of sulfonamides is 1. The number of anilines is 1. The largest absolute Gasteiger partial charge is 0.497 e. The van der Waals surface area contributed by atoms with E-state index in [1.165, 1.54) is 32.4 Å². The van der Waals surface area contributed by atoms with E-state index in [2.05, 4.69) is 4.72 Å². The highest BCUT2D eigenvalue weighted by Crippen LogP contribution is 2.42. The third kappa shape index (κ3) is 4.40. The molecule has 1 unspecified atom stereocenters. The Morgan fingerprint density at radius 3 is 2.36 bits per heavy atom. The fourth-order valence-electron chi connectivity index (χ4n) is 4.18. The summed E-state index contributed by atoms with van der Waals surface area (Å²) in [4.78, 5) is 25.4. The van der Waals surface area contributed by atoms with Gasteiger partial charge in [0.15, 0.2) is 0 Å². The number of rotatable bonds is 6. The molecule has 33 heavy (non-hydrogen) atoms. The maximum Gasteiger partial charge on any atom is 0.241 e. The van der Waals surface area contributed by atoms with E-state index in [4.69, 9.17) is 14.2 Å². The highest BCUT2D eigenvalue weighted by Gasteiger charge is 2.37. The molecule has 1 atom stereocenters. The summed E-state index contributed by atoms with van der Waals surface area (Å²) in [6, 6.07) is 8.79. The molecule has 2 amide bonds. The van der Waals surface area contributed by atoms with Crippen molar-refractivity contribution in [2.75, 3.05) is 19.1 Å². The number of nitrogens with one attached hydrogen (secondary N) is 1. The van der Waals surface area contributed by atoms with Gasteiger partial charge in [-0.25, -0.2) is 18.0 Å². The van der Waals surface area contributed by atoms with Gasteiger partial charge in [0.25, 0.3) is 0 Å². The number of fused-ring (bicyclic) bond motifs is 1. The molecule has 2 aliphatic heterocycles. The molecule has 0 aliphatic carbocycles. The quantitative estimate of drug-likeness (QED) is 0.641. The van der Waals surface area contributed by atoms with Gasteiger partial charge in [-0.2, -0.15) is 0 Å². The van der Waals surface area contributed by atoms with E-state index < -0.39 is 33.5 Å². The van der Waals surface area contributed by atoms with E-state index in [0.717, 1.165) is 4.90 Å². The first-order chi connectivity index (χ1) is 15.5. The third-order valence-electron chi connectivity index (χ3n) is 5.72. The lowest BCUT2D eigenvalue weighted by Gasteiger charge is -2.37. The first kappa shape index (κ1) is 23.1. The predicted octanol–water partition coefficient (Wildman–Crippen LogP) is 2.94. The van der Waals surface area contributed by atoms with Crippen molar-refractivity contribution in [3.8, 4) is 17.2 Å². The predicted molar refractivity (Wildman–Crippen MR) is 120 cm³/mol. The molecule has 10 heteroatoms. The van der Waals surface area contributed by atoms with Gasteiger partial charge < -0.3 is 14.2 Å². The molecule has 0 bridgehead atoms. The number of benzene rings is 2. The molecule has 1 saturated heterocycles. The molecule has 2 heterocycles. The van der Waals surface area contributed by atoms with Crippen molar-refractivity contribution in [3.05, 3.63) is 42.0 Å². The number of carbonyl (C=O) groups excluding carboxylic acids is 2. The normalized spacial score (nSPS) is 19.8. The smallest absolute Gasteiger partial charge is 0.241 e. The van der Waals surface area contributed by atoms with Gasteiger partial charge in [-0.3, -0.25) is 9.59 Å². The van der Waals surface area contributed by atoms with Gasteiger partial charge in [-0.1, -0.05) is 0 Å². The van der Waals surface area contributed by atoms with Gasteiger partial charge >= 0.3 is 0 Å². The molecule has 0 aromatic heterocycles. The molecule has 0 saturated carbocycles. The molecule has 4 rings (SSSR count). The van der Waals surface area contributed by atoms with Crippen molar-refractivity contribution in [3.63, 3.8) is 0 Å². The van der Waals surface area contributed by atoms with Crippen LogP contribution in [0, 0.1) is 0 Å². The maximum absolute atomic E-state index is 13.4. The van der Waals surface area contributed by atoms with E-state index in [0.29, 0.717) is 23.5 Å². The van der Waals surface area contributed by atoms with Gasteiger partial charge in [0.05, 0.1) is 30.8 Å². The standard InChI is InChI=1S/C23H26N2O7S/c1-23(2)13-17(16-11-14(30-3)5-7-19(16)32-23)24-33(28,29)15-6-8-20(31-4)18(12-15)25-21(26)9-10-22(25)27/h5-8,11-12,17,24H,9-10,13H2,1-4H3. The Bertz CT molecular complexity index is 1210. The molecule has 2 aromatic rings. The zero-order valence-electron chi connectivity index (χ0n) is 18.9. The van der Waals surface area contributed by atoms with E-state index in [1.54, 1.807) is 18.2 Å². The summed E-state index contributed by atoms with van der Waals surface area (Å²) in [5.74, 6) is 0.600. The second-order valence-electron chi connectivity index (χ2n) is 8.60. The summed E-state index contributed by atoms with van der Waals surface area (Å²) in [6.07, 6.45) is 0.540. The van der Waals surface area contributed by atoms with Gasteiger partial charge in [0.2, 0.25) is 21.8 Å². The lowest BCUT2D eigenvalue weighted by Crippen LogP contribution is -2.41. The van der Waals surface area contributed by atoms with Gasteiger partial charge in [0.1, 0.15) is 22.8 Å². The third-order valence-corrected chi connectivity index (χ3v) is 7.19. The van der Waals surface area contributed by atoms with Crippen LogP contribution in [0.2, 0.25) is 0 Å². The first-order valence-corrected chi connectivity index (χ1v) is 12.0. The van der Waals surface area contributed by atoms with Crippen molar-refractivity contribution in [2.45, 2.75) is 49.6 Å². The fourth-order valence-corrected chi connectivity index (χ4v) is 5.41. The van der Waals surface area contributed by atoms with Crippen LogP contribution in [0.3, 0.4) is 0 Å². The zero-order valence-corrected chi connectivity index (χ0v) is 19.7. The number of amides is 2. The highest BCUT2D eigenvalue weighted by atomic mass is 32.2. The molecule has 176 valence electrons. The SMILES string of the molecule is COc1ccc2c(c1)C(NS(=O)(=O)c1ccc(OC)c(N3C(=O)CCC3=O)c1)CC(C)(C)O2. The van der Waals surface area contributed by atoms with Crippen LogP contribution in [0.15, 0.2) is 41.3 Å². The second-order valence-corrected chi connectivity index (χ2v) is 10.3. The van der Waals surface area contributed by atoms with E-state index >= 15 is 0 Å². The molecular formula is C23H26N2O7S. The minimum Gasteiger partial charge on any atom is -0.497 e. The molecule has 1 fully saturated rings. The Labute approximate surface area is 192 Å². The van der Waals surface area contributed by atoms with Crippen LogP contribution in [0.1, 0.15) is 44.7 Å². The summed E-state index contributed by atoms with van der Waals surface area (Å²) in [7, 11) is -1.11. The number of methoxy groups -OCH3 is 2. The highest BCUT2D eigenvalue weighted by molar-refractivity contribution is 7.89. The average molecular weight is 475 g/mol. The van der Waals surface area contributed by atoms with Crippen molar-refractivity contribution in [1.82, 2.24) is 4.72 Å². The monoisotopic (exact) mass is 474 g/mol. The minimum absolute atomic E-state index is 0.0764. The van der Waals surface area contributed by atoms with Crippen molar-refractivity contribution >= 4 is 27.5 Å². The fraction of sp³-hybridized carbons (Fsp3) is 0.391. The Morgan fingerprint density at radius 1 is 1.03 bits per heavy atom. The molecule has 0 spiro atoms. The maximum atomic E-state index is 13.4. The van der Waals surface area contributed by atoms with Crippen LogP contribution in [-0.2, 0) is 19.6 Å². The van der Waals surface area contributed by atoms with Crippen LogP contribution >= 0.6 is 0 Å². The number of hydrogen-bond acceptors (Lipinski definition) is 7. The van der Waals surface area contributed by atoms with Crippen LogP contribution in [0.25, 0.3) is 0 Å². The van der Waals surface area contributed by atoms with Gasteiger partial charge in [0, 0.05) is 24.8 Å². The topological polar surface area (TPSA) is 111 Å². The lowest BCUT2D eigenvalue weighted by molar-refractivity contribution is -0.121. The van der Waals surface area contributed by atoms with Crippen molar-refractivity contribution < 1.29 is 32.2 Å². The van der Waals surface area contributed by atoms with Crippen LogP contribution in [0.4, 0.5) is 5.69 Å².